The van der Waals surface area contributed by atoms with E-state index in [-0.39, 0.29) is 41.6 Å². The number of methoxy groups -OCH3 is 3. The number of aromatic amines is 2. The van der Waals surface area contributed by atoms with E-state index >= 15 is 0 Å². The molecule has 5 rings (SSSR count). The van der Waals surface area contributed by atoms with Gasteiger partial charge in [-0.3, -0.25) is 24.4 Å². The summed E-state index contributed by atoms with van der Waals surface area (Å²) >= 11 is 0. The molecule has 2 aliphatic heterocycles. The van der Waals surface area contributed by atoms with Gasteiger partial charge in [-0.1, -0.05) is 37.8 Å². The SMILES string of the molecule is C=Cc1c[nH]c(C=C2N=C(C=c3[nH]c(=CC4=NC(C=C)C(C)C4CCC(=O)OC)c(C(C)=O)c3C)[C@@]3(C)C2=CC=C(C(=O)OC)[C@H]3C(=O)OC)c1C. The van der Waals surface area contributed by atoms with Crippen LogP contribution in [0.1, 0.15) is 66.4 Å². The molecule has 3 unspecified atom stereocenters. The van der Waals surface area contributed by atoms with Gasteiger partial charge in [0.25, 0.3) is 0 Å². The maximum Gasteiger partial charge on any atom is 0.334 e. The lowest BCUT2D eigenvalue weighted by Crippen LogP contribution is -2.44. The van der Waals surface area contributed by atoms with Crippen LogP contribution in [-0.4, -0.2) is 72.5 Å². The topological polar surface area (TPSA) is 152 Å². The number of aromatic nitrogens is 2. The second kappa shape index (κ2) is 15.0. The minimum absolute atomic E-state index is 0.0684. The normalized spacial score (nSPS) is 25.2. The summed E-state index contributed by atoms with van der Waals surface area (Å²) in [7, 11) is 3.91. The minimum atomic E-state index is -1.17. The number of esters is 3. The first kappa shape index (κ1) is 37.7. The van der Waals surface area contributed by atoms with Crippen molar-refractivity contribution in [1.29, 1.82) is 0 Å². The van der Waals surface area contributed by atoms with Crippen molar-refractivity contribution in [3.63, 3.8) is 0 Å². The summed E-state index contributed by atoms with van der Waals surface area (Å²) in [6, 6.07) is -0.149. The molecule has 52 heavy (non-hydrogen) atoms. The quantitative estimate of drug-likeness (QED) is 0.146. The molecular formula is C41H46N4O7. The first-order valence-corrected chi connectivity index (χ1v) is 17.2. The number of carbonyl (C=O) groups excluding carboxylic acids is 4. The van der Waals surface area contributed by atoms with Crippen LogP contribution in [0.5, 0.6) is 0 Å². The monoisotopic (exact) mass is 706 g/mol. The molecule has 0 radical (unpaired) electrons. The molecule has 3 aliphatic rings. The molecule has 0 amide bonds. The second-order valence-corrected chi connectivity index (χ2v) is 13.5. The van der Waals surface area contributed by atoms with Crippen molar-refractivity contribution in [2.24, 2.45) is 33.2 Å². The second-order valence-electron chi connectivity index (χ2n) is 13.5. The molecule has 0 bridgehead atoms. The molecule has 2 aromatic heterocycles. The van der Waals surface area contributed by atoms with Gasteiger partial charge in [0.1, 0.15) is 5.92 Å². The Morgan fingerprint density at radius 3 is 2.31 bits per heavy atom. The first-order valence-electron chi connectivity index (χ1n) is 17.2. The summed E-state index contributed by atoms with van der Waals surface area (Å²) in [4.78, 5) is 68.7. The molecule has 11 heteroatoms. The Labute approximate surface area is 303 Å². The number of ether oxygens (including phenoxy) is 3. The average Bonchev–Trinajstić information content (AvgIpc) is 3.82. The van der Waals surface area contributed by atoms with Gasteiger partial charge < -0.3 is 24.2 Å². The summed E-state index contributed by atoms with van der Waals surface area (Å²) < 4.78 is 15.3. The maximum atomic E-state index is 13.6. The van der Waals surface area contributed by atoms with Crippen LogP contribution in [0.25, 0.3) is 24.3 Å². The smallest absolute Gasteiger partial charge is 0.334 e. The van der Waals surface area contributed by atoms with Crippen molar-refractivity contribution >= 4 is 59.4 Å². The largest absolute Gasteiger partial charge is 0.469 e. The number of H-pyrrole nitrogens is 2. The predicted octanol–water partition coefficient (Wildman–Crippen LogP) is 4.91. The number of nitrogens with zero attached hydrogens (tertiary/aromatic N) is 2. The van der Waals surface area contributed by atoms with Gasteiger partial charge in [-0.15, -0.1) is 6.58 Å². The van der Waals surface area contributed by atoms with E-state index < -0.39 is 23.3 Å². The summed E-state index contributed by atoms with van der Waals surface area (Å²) in [5, 5.41) is 1.16. The highest BCUT2D eigenvalue weighted by Crippen LogP contribution is 2.52. The van der Waals surface area contributed by atoms with Crippen molar-refractivity contribution in [3.8, 4) is 0 Å². The third kappa shape index (κ3) is 6.51. The highest BCUT2D eigenvalue weighted by atomic mass is 16.5. The predicted molar refractivity (Wildman–Crippen MR) is 202 cm³/mol. The Balaban J connectivity index is 1.74. The number of hydrogen-bond donors (Lipinski definition) is 2. The molecule has 1 aliphatic carbocycles. The zero-order valence-corrected chi connectivity index (χ0v) is 31.0. The van der Waals surface area contributed by atoms with Gasteiger partial charge in [-0.25, -0.2) is 4.79 Å². The zero-order valence-electron chi connectivity index (χ0n) is 31.0. The number of nitrogens with one attached hydrogen (secondary N) is 2. The van der Waals surface area contributed by atoms with E-state index in [9.17, 15) is 19.2 Å². The molecule has 2 aromatic rings. The van der Waals surface area contributed by atoms with Gasteiger partial charge in [0, 0.05) is 40.9 Å². The molecule has 11 nitrogen and oxygen atoms in total. The fraction of sp³-hybridized carbons (Fsp3) is 0.366. The molecule has 0 fully saturated rings. The summed E-state index contributed by atoms with van der Waals surface area (Å²) in [6.45, 7) is 17.1. The molecule has 2 N–H and O–H groups in total. The maximum absolute atomic E-state index is 13.6. The van der Waals surface area contributed by atoms with Crippen molar-refractivity contribution < 1.29 is 33.4 Å². The van der Waals surface area contributed by atoms with Gasteiger partial charge in [0.15, 0.2) is 5.78 Å². The van der Waals surface area contributed by atoms with E-state index in [4.69, 9.17) is 24.2 Å². The van der Waals surface area contributed by atoms with Crippen LogP contribution >= 0.6 is 0 Å². The number of fused-ring (bicyclic) bond motifs is 1. The van der Waals surface area contributed by atoms with E-state index in [1.54, 1.807) is 24.3 Å². The molecule has 0 aromatic carbocycles. The number of Topliss-reactive ketones (excluding diaryl/α,β-unsaturated/α-hetero) is 1. The lowest BCUT2D eigenvalue weighted by atomic mass is 9.63. The Hall–Kier alpha value is -5.58. The third-order valence-electron chi connectivity index (χ3n) is 10.7. The summed E-state index contributed by atoms with van der Waals surface area (Å²) in [5.74, 6) is -2.80. The Morgan fingerprint density at radius 1 is 0.981 bits per heavy atom. The molecule has 4 heterocycles. The number of rotatable bonds is 11. The lowest BCUT2D eigenvalue weighted by Gasteiger charge is -2.37. The van der Waals surface area contributed by atoms with E-state index in [1.165, 1.54) is 28.3 Å². The van der Waals surface area contributed by atoms with Gasteiger partial charge in [0.2, 0.25) is 0 Å². The molecule has 0 saturated heterocycles. The van der Waals surface area contributed by atoms with Crippen LogP contribution in [0.2, 0.25) is 0 Å². The van der Waals surface area contributed by atoms with Crippen LogP contribution in [0.4, 0.5) is 0 Å². The Kier molecular flexibility index (Phi) is 10.8. The lowest BCUT2D eigenvalue weighted by molar-refractivity contribution is -0.149. The van der Waals surface area contributed by atoms with Gasteiger partial charge in [-0.05, 0) is 80.5 Å². The first-order chi connectivity index (χ1) is 24.7. The molecule has 0 saturated carbocycles. The summed E-state index contributed by atoms with van der Waals surface area (Å²) in [5.41, 5.74) is 5.38. The average molecular weight is 707 g/mol. The summed E-state index contributed by atoms with van der Waals surface area (Å²) in [6.07, 6.45) is 15.2. The fourth-order valence-corrected chi connectivity index (χ4v) is 7.67. The number of allylic oxidation sites excluding steroid dienone is 3. The molecule has 0 spiro atoms. The molecule has 5 atom stereocenters. The van der Waals surface area contributed by atoms with Crippen LogP contribution < -0.4 is 10.7 Å². The fourth-order valence-electron chi connectivity index (χ4n) is 7.67. The van der Waals surface area contributed by atoms with Crippen LogP contribution in [0.15, 0.2) is 64.4 Å². The third-order valence-corrected chi connectivity index (χ3v) is 10.7. The number of hydrogen-bond acceptors (Lipinski definition) is 9. The Morgan fingerprint density at radius 2 is 1.71 bits per heavy atom. The van der Waals surface area contributed by atoms with Crippen LogP contribution in [-0.2, 0) is 28.6 Å². The van der Waals surface area contributed by atoms with E-state index in [0.717, 1.165) is 22.5 Å². The number of carbonyl (C=O) groups is 4. The Bertz CT molecular complexity index is 2150. The number of aliphatic imine (C=N–C) groups is 2. The zero-order chi connectivity index (χ0) is 38.1. The van der Waals surface area contributed by atoms with Crippen molar-refractivity contribution in [1.82, 2.24) is 9.97 Å². The van der Waals surface area contributed by atoms with Crippen molar-refractivity contribution in [2.75, 3.05) is 21.3 Å². The van der Waals surface area contributed by atoms with Crippen molar-refractivity contribution in [2.45, 2.75) is 53.5 Å². The van der Waals surface area contributed by atoms with Gasteiger partial charge in [-0.2, -0.15) is 0 Å². The van der Waals surface area contributed by atoms with Crippen LogP contribution in [0, 0.1) is 37.0 Å². The molecule has 272 valence electrons. The molecular weight excluding hydrogens is 660 g/mol. The van der Waals surface area contributed by atoms with E-state index in [0.29, 0.717) is 45.2 Å². The van der Waals surface area contributed by atoms with Gasteiger partial charge >= 0.3 is 17.9 Å². The van der Waals surface area contributed by atoms with E-state index in [1.807, 2.05) is 45.2 Å². The minimum Gasteiger partial charge on any atom is -0.469 e. The highest BCUT2D eigenvalue weighted by molar-refractivity contribution is 6.21. The van der Waals surface area contributed by atoms with Crippen molar-refractivity contribution in [3.05, 3.63) is 93.1 Å². The van der Waals surface area contributed by atoms with E-state index in [2.05, 4.69) is 30.0 Å². The number of ketones is 1. The highest BCUT2D eigenvalue weighted by Gasteiger charge is 2.54. The van der Waals surface area contributed by atoms with Gasteiger partial charge in [0.05, 0.1) is 55.1 Å². The van der Waals surface area contributed by atoms with Crippen LogP contribution in [0.3, 0.4) is 0 Å². The standard InChI is InChI=1S/C41H46N4O7/c1-11-25-20-42-30(21(25)3)17-33-28-15-13-27(39(48)51-9)38(40(49)52-10)41(28,7)35(45-33)19-31-23(5)37(24(6)46)34(44-31)18-32-26(14-16-36(47)50-8)22(4)29(12-2)43-32/h11-13,15,17-20,22,26,29,38,42,44H,1-2,14,16H2,3-10H3/t22?,26?,29?,38-,41+/m0/s1.